The Bertz CT molecular complexity index is 1750. The van der Waals surface area contributed by atoms with Gasteiger partial charge in [-0.15, -0.1) is 0 Å². The van der Waals surface area contributed by atoms with E-state index in [1.54, 1.807) is 31.6 Å². The van der Waals surface area contributed by atoms with Gasteiger partial charge in [0.2, 0.25) is 5.91 Å². The molecular weight excluding hydrogens is 457 g/mol. The van der Waals surface area contributed by atoms with Crippen LogP contribution in [0.2, 0.25) is 0 Å². The van der Waals surface area contributed by atoms with Crippen molar-refractivity contribution in [3.8, 4) is 33.8 Å². The first-order valence-corrected chi connectivity index (χ1v) is 11.4. The maximum atomic E-state index is 13.9. The molecule has 0 aliphatic heterocycles. The van der Waals surface area contributed by atoms with E-state index in [1.807, 2.05) is 36.4 Å². The highest BCUT2D eigenvalue weighted by Crippen LogP contribution is 2.33. The molecule has 4 heterocycles. The maximum absolute atomic E-state index is 13.9. The Labute approximate surface area is 204 Å². The van der Waals surface area contributed by atoms with Gasteiger partial charge in [-0.1, -0.05) is 31.2 Å². The highest BCUT2D eigenvalue weighted by molar-refractivity contribution is 5.97. The molecule has 0 bridgehead atoms. The van der Waals surface area contributed by atoms with Gasteiger partial charge in [-0.05, 0) is 35.9 Å². The first-order chi connectivity index (χ1) is 17.6. The van der Waals surface area contributed by atoms with Crippen molar-refractivity contribution in [2.75, 3.05) is 5.32 Å². The highest BCUT2D eigenvalue weighted by Gasteiger charge is 2.16. The predicted molar refractivity (Wildman–Crippen MR) is 137 cm³/mol. The van der Waals surface area contributed by atoms with Crippen LogP contribution < -0.4 is 5.32 Å². The number of carbonyl (C=O) groups is 1. The van der Waals surface area contributed by atoms with Crippen LogP contribution in [0.5, 0.6) is 0 Å². The molecule has 0 atom stereocenters. The average Bonchev–Trinajstić information content (AvgIpc) is 3.52. The van der Waals surface area contributed by atoms with E-state index < -0.39 is 0 Å². The van der Waals surface area contributed by atoms with Crippen LogP contribution in [0.4, 0.5) is 10.1 Å². The third kappa shape index (κ3) is 3.86. The molecule has 0 radical (unpaired) electrons. The first-order valence-electron chi connectivity index (χ1n) is 11.4. The molecule has 6 aromatic rings. The number of para-hydroxylation sites is 1. The van der Waals surface area contributed by atoms with Gasteiger partial charge in [0.05, 0.1) is 28.3 Å². The number of H-pyrrole nitrogens is 2. The number of aromatic nitrogens is 6. The number of pyridine rings is 2. The molecule has 1 amide bonds. The van der Waals surface area contributed by atoms with Gasteiger partial charge < -0.3 is 10.3 Å². The summed E-state index contributed by atoms with van der Waals surface area (Å²) in [5, 5.41) is 11.0. The van der Waals surface area contributed by atoms with E-state index in [-0.39, 0.29) is 11.7 Å². The minimum absolute atomic E-state index is 0.0813. The van der Waals surface area contributed by atoms with E-state index in [4.69, 9.17) is 4.98 Å². The molecule has 0 aliphatic rings. The average molecular weight is 478 g/mol. The Hall–Kier alpha value is -4.92. The van der Waals surface area contributed by atoms with Crippen molar-refractivity contribution in [2.45, 2.75) is 13.3 Å². The Balaban J connectivity index is 1.43. The van der Waals surface area contributed by atoms with Crippen LogP contribution in [-0.4, -0.2) is 36.0 Å². The van der Waals surface area contributed by atoms with Crippen molar-refractivity contribution >= 4 is 33.7 Å². The van der Waals surface area contributed by atoms with E-state index in [0.29, 0.717) is 29.3 Å². The summed E-state index contributed by atoms with van der Waals surface area (Å²) in [6.07, 6.45) is 5.43. The van der Waals surface area contributed by atoms with Crippen molar-refractivity contribution in [3.05, 3.63) is 79.0 Å². The largest absolute Gasteiger partial charge is 0.337 e. The molecule has 0 spiro atoms. The van der Waals surface area contributed by atoms with Crippen molar-refractivity contribution in [1.82, 2.24) is 30.1 Å². The second-order valence-electron chi connectivity index (χ2n) is 8.36. The lowest BCUT2D eigenvalue weighted by Gasteiger charge is -2.06. The lowest BCUT2D eigenvalue weighted by atomic mass is 10.0. The molecule has 2 aromatic carbocycles. The Morgan fingerprint density at radius 1 is 1.00 bits per heavy atom. The molecule has 0 saturated carbocycles. The second kappa shape index (κ2) is 8.70. The summed E-state index contributed by atoms with van der Waals surface area (Å²) in [5.74, 6) is 0.214. The number of carbonyl (C=O) groups excluding carboxylic acids is 1. The molecule has 0 aliphatic carbocycles. The molecule has 6 rings (SSSR count). The van der Waals surface area contributed by atoms with Crippen LogP contribution in [0.3, 0.4) is 0 Å². The first kappa shape index (κ1) is 21.6. The minimum atomic E-state index is -0.300. The number of imidazole rings is 1. The summed E-state index contributed by atoms with van der Waals surface area (Å²) < 4.78 is 13.9. The number of halogens is 1. The number of amides is 1. The van der Waals surface area contributed by atoms with Crippen LogP contribution in [0, 0.1) is 5.82 Å². The van der Waals surface area contributed by atoms with Crippen molar-refractivity contribution in [3.63, 3.8) is 0 Å². The third-order valence-corrected chi connectivity index (χ3v) is 5.97. The van der Waals surface area contributed by atoms with Crippen molar-refractivity contribution < 1.29 is 9.18 Å². The Kier molecular flexibility index (Phi) is 5.22. The summed E-state index contributed by atoms with van der Waals surface area (Å²) in [5.41, 5.74) is 6.61. The molecule has 0 unspecified atom stereocenters. The minimum Gasteiger partial charge on any atom is -0.337 e. The summed E-state index contributed by atoms with van der Waals surface area (Å²) in [6, 6.07) is 16.0. The van der Waals surface area contributed by atoms with E-state index >= 15 is 0 Å². The fourth-order valence-electron chi connectivity index (χ4n) is 4.19. The summed E-state index contributed by atoms with van der Waals surface area (Å²) in [4.78, 5) is 28.7. The fraction of sp³-hybridized carbons (Fsp3) is 0.0741. The number of anilines is 1. The van der Waals surface area contributed by atoms with Crippen molar-refractivity contribution in [1.29, 1.82) is 0 Å². The zero-order valence-corrected chi connectivity index (χ0v) is 19.2. The number of nitrogens with zero attached hydrogens (tertiary/aromatic N) is 4. The molecule has 3 N–H and O–H groups in total. The Morgan fingerprint density at radius 3 is 2.72 bits per heavy atom. The number of hydrogen-bond acceptors (Lipinski definition) is 5. The van der Waals surface area contributed by atoms with Gasteiger partial charge in [-0.25, -0.2) is 14.4 Å². The van der Waals surface area contributed by atoms with Crippen LogP contribution in [-0.2, 0) is 4.79 Å². The molecule has 176 valence electrons. The van der Waals surface area contributed by atoms with Gasteiger partial charge in [-0.2, -0.15) is 5.10 Å². The molecule has 9 heteroatoms. The van der Waals surface area contributed by atoms with Gasteiger partial charge in [0.15, 0.2) is 11.5 Å². The lowest BCUT2D eigenvalue weighted by Crippen LogP contribution is -2.09. The van der Waals surface area contributed by atoms with Crippen LogP contribution in [0.1, 0.15) is 13.3 Å². The molecule has 0 fully saturated rings. The topological polar surface area (TPSA) is 112 Å². The number of nitrogens with one attached hydrogen (secondary N) is 3. The number of fused-ring (bicyclic) bond motifs is 2. The third-order valence-electron chi connectivity index (χ3n) is 5.97. The molecule has 8 nitrogen and oxygen atoms in total. The predicted octanol–water partition coefficient (Wildman–Crippen LogP) is 5.72. The highest BCUT2D eigenvalue weighted by atomic mass is 19.1. The molecule has 0 saturated heterocycles. The number of benzene rings is 2. The van der Waals surface area contributed by atoms with E-state index in [9.17, 15) is 9.18 Å². The SMILES string of the molecule is CCC(=O)Nc1cncc(-c2cnc3n[nH]c(-c4nc5c(-c6cccc(F)c6)cccc5[nH]4)c3c2)c1. The van der Waals surface area contributed by atoms with E-state index in [1.165, 1.54) is 12.1 Å². The number of aromatic amines is 2. The molecule has 4 aromatic heterocycles. The summed E-state index contributed by atoms with van der Waals surface area (Å²) in [7, 11) is 0. The molecular formula is C27H20FN7O. The number of rotatable bonds is 5. The molecule has 36 heavy (non-hydrogen) atoms. The normalized spacial score (nSPS) is 11.3. The lowest BCUT2D eigenvalue weighted by molar-refractivity contribution is -0.115. The smallest absolute Gasteiger partial charge is 0.224 e. The van der Waals surface area contributed by atoms with Gasteiger partial charge in [0.25, 0.3) is 0 Å². The van der Waals surface area contributed by atoms with E-state index in [0.717, 1.165) is 38.7 Å². The van der Waals surface area contributed by atoms with E-state index in [2.05, 4.69) is 30.5 Å². The van der Waals surface area contributed by atoms with Gasteiger partial charge in [0.1, 0.15) is 11.5 Å². The van der Waals surface area contributed by atoms with Gasteiger partial charge >= 0.3 is 0 Å². The quantitative estimate of drug-likeness (QED) is 0.294. The summed E-state index contributed by atoms with van der Waals surface area (Å²) in [6.45, 7) is 1.80. The number of hydrogen-bond donors (Lipinski definition) is 3. The zero-order valence-electron chi connectivity index (χ0n) is 19.2. The summed E-state index contributed by atoms with van der Waals surface area (Å²) >= 11 is 0. The monoisotopic (exact) mass is 477 g/mol. The van der Waals surface area contributed by atoms with Crippen molar-refractivity contribution in [2.24, 2.45) is 0 Å². The van der Waals surface area contributed by atoms with Crippen LogP contribution in [0.25, 0.3) is 55.8 Å². The standard InChI is InChI=1S/C27H20FN7O/c1-2-23(36)31-19-10-16(12-29-14-19)17-11-21-25(34-35-26(21)30-13-17)27-32-22-8-4-7-20(24(22)33-27)15-5-3-6-18(28)9-15/h3-14H,2H2,1H3,(H,31,36)(H,32,33)(H,30,34,35). The second-order valence-corrected chi connectivity index (χ2v) is 8.36. The van der Waals surface area contributed by atoms with Gasteiger partial charge in [0, 0.05) is 35.5 Å². The van der Waals surface area contributed by atoms with Crippen LogP contribution >= 0.6 is 0 Å². The van der Waals surface area contributed by atoms with Gasteiger partial charge in [-0.3, -0.25) is 14.9 Å². The maximum Gasteiger partial charge on any atom is 0.224 e. The van der Waals surface area contributed by atoms with Crippen LogP contribution in [0.15, 0.2) is 73.2 Å². The zero-order chi connectivity index (χ0) is 24.6. The Morgan fingerprint density at radius 2 is 1.86 bits per heavy atom. The fourth-order valence-corrected chi connectivity index (χ4v) is 4.19.